The lowest BCUT2D eigenvalue weighted by Crippen LogP contribution is -2.38. The van der Waals surface area contributed by atoms with E-state index in [2.05, 4.69) is 0 Å². The Labute approximate surface area is 120 Å². The number of ether oxygens (including phenoxy) is 1. The number of aliphatic hydroxyl groups excluding tert-OH is 1. The molecule has 1 rings (SSSR count). The molecule has 0 heterocycles. The number of carbonyl (C=O) groups excluding carboxylic acids is 1. The molecular weight excluding hydrogens is 287 g/mol. The van der Waals surface area contributed by atoms with Crippen molar-refractivity contribution < 1.29 is 27.8 Å². The molecule has 7 heteroatoms. The minimum Gasteiger partial charge on any atom is -0.388 e. The lowest BCUT2D eigenvalue weighted by Gasteiger charge is -2.17. The minimum absolute atomic E-state index is 0.404. The summed E-state index contributed by atoms with van der Waals surface area (Å²) in [6.45, 7) is 1.86. The van der Waals surface area contributed by atoms with Crippen molar-refractivity contribution >= 4 is 5.91 Å². The summed E-state index contributed by atoms with van der Waals surface area (Å²) in [5, 5.41) is 11.7. The van der Waals surface area contributed by atoms with Gasteiger partial charge in [-0.2, -0.15) is 13.2 Å². The SMILES string of the molecule is COCCC(O)c1ccc(C(C)NC(=O)C(F)(F)F)cc1. The van der Waals surface area contributed by atoms with Gasteiger partial charge in [-0.1, -0.05) is 24.3 Å². The Kier molecular flexibility index (Phi) is 6.17. The van der Waals surface area contributed by atoms with Crippen molar-refractivity contribution in [1.29, 1.82) is 0 Å². The fraction of sp³-hybridized carbons (Fsp3) is 0.500. The average molecular weight is 305 g/mol. The third-order valence-corrected chi connectivity index (χ3v) is 3.02. The molecule has 0 aromatic heterocycles. The highest BCUT2D eigenvalue weighted by Gasteiger charge is 2.39. The molecule has 0 fully saturated rings. The van der Waals surface area contributed by atoms with Crippen LogP contribution in [0, 0.1) is 0 Å². The largest absolute Gasteiger partial charge is 0.471 e. The van der Waals surface area contributed by atoms with Crippen LogP contribution in [0.15, 0.2) is 24.3 Å². The van der Waals surface area contributed by atoms with Crippen molar-refractivity contribution in [2.24, 2.45) is 0 Å². The summed E-state index contributed by atoms with van der Waals surface area (Å²) in [6.07, 6.45) is -5.17. The van der Waals surface area contributed by atoms with Gasteiger partial charge in [0.05, 0.1) is 12.1 Å². The molecule has 0 aliphatic rings. The number of aliphatic hydroxyl groups is 1. The Hall–Kier alpha value is -1.60. The number of amides is 1. The molecule has 2 unspecified atom stereocenters. The molecule has 118 valence electrons. The van der Waals surface area contributed by atoms with Crippen LogP contribution < -0.4 is 5.32 Å². The summed E-state index contributed by atoms with van der Waals surface area (Å²) < 4.78 is 41.3. The fourth-order valence-corrected chi connectivity index (χ4v) is 1.76. The Morgan fingerprint density at radius 2 is 1.81 bits per heavy atom. The van der Waals surface area contributed by atoms with Crippen LogP contribution in [-0.4, -0.2) is 30.9 Å². The van der Waals surface area contributed by atoms with E-state index >= 15 is 0 Å². The van der Waals surface area contributed by atoms with Crippen LogP contribution in [0.25, 0.3) is 0 Å². The molecule has 0 aliphatic heterocycles. The maximum Gasteiger partial charge on any atom is 0.471 e. The monoisotopic (exact) mass is 305 g/mol. The zero-order valence-electron chi connectivity index (χ0n) is 11.8. The van der Waals surface area contributed by atoms with Crippen LogP contribution in [0.5, 0.6) is 0 Å². The first kappa shape index (κ1) is 17.5. The van der Waals surface area contributed by atoms with Gasteiger partial charge >= 0.3 is 12.1 Å². The van der Waals surface area contributed by atoms with Crippen LogP contribution in [0.4, 0.5) is 13.2 Å². The molecule has 0 saturated carbocycles. The Balaban J connectivity index is 2.67. The second kappa shape index (κ2) is 7.42. The predicted molar refractivity (Wildman–Crippen MR) is 70.5 cm³/mol. The van der Waals surface area contributed by atoms with E-state index < -0.39 is 24.2 Å². The van der Waals surface area contributed by atoms with Crippen molar-refractivity contribution in [3.63, 3.8) is 0 Å². The summed E-state index contributed by atoms with van der Waals surface area (Å²) in [4.78, 5) is 10.9. The number of rotatable bonds is 6. The van der Waals surface area contributed by atoms with Gasteiger partial charge in [0, 0.05) is 20.1 Å². The Morgan fingerprint density at radius 3 is 2.29 bits per heavy atom. The number of benzene rings is 1. The molecule has 0 radical (unpaired) electrons. The highest BCUT2D eigenvalue weighted by atomic mass is 19.4. The maximum atomic E-state index is 12.2. The first-order chi connectivity index (χ1) is 9.75. The van der Waals surface area contributed by atoms with Crippen molar-refractivity contribution in [2.75, 3.05) is 13.7 Å². The van der Waals surface area contributed by atoms with Crippen LogP contribution in [0.2, 0.25) is 0 Å². The van der Waals surface area contributed by atoms with E-state index in [0.717, 1.165) is 0 Å². The zero-order valence-corrected chi connectivity index (χ0v) is 11.8. The molecule has 0 aliphatic carbocycles. The molecule has 2 N–H and O–H groups in total. The van der Waals surface area contributed by atoms with Crippen molar-refractivity contribution in [1.82, 2.24) is 5.32 Å². The number of carbonyl (C=O) groups is 1. The van der Waals surface area contributed by atoms with Gasteiger partial charge in [0.1, 0.15) is 0 Å². The summed E-state index contributed by atoms with van der Waals surface area (Å²) >= 11 is 0. The molecule has 1 aromatic carbocycles. The molecule has 2 atom stereocenters. The van der Waals surface area contributed by atoms with E-state index in [9.17, 15) is 23.1 Å². The van der Waals surface area contributed by atoms with Crippen LogP contribution in [0.3, 0.4) is 0 Å². The van der Waals surface area contributed by atoms with E-state index in [1.807, 2.05) is 5.32 Å². The van der Waals surface area contributed by atoms with E-state index in [-0.39, 0.29) is 0 Å². The van der Waals surface area contributed by atoms with E-state index in [0.29, 0.717) is 24.2 Å². The van der Waals surface area contributed by atoms with Gasteiger partial charge in [0.25, 0.3) is 0 Å². The third kappa shape index (κ3) is 5.35. The smallest absolute Gasteiger partial charge is 0.388 e. The van der Waals surface area contributed by atoms with Gasteiger partial charge in [-0.05, 0) is 18.1 Å². The highest BCUT2D eigenvalue weighted by molar-refractivity contribution is 5.82. The van der Waals surface area contributed by atoms with Crippen molar-refractivity contribution in [3.8, 4) is 0 Å². The molecule has 0 spiro atoms. The van der Waals surface area contributed by atoms with Gasteiger partial charge in [-0.25, -0.2) is 0 Å². The lowest BCUT2D eigenvalue weighted by atomic mass is 10.0. The van der Waals surface area contributed by atoms with E-state index in [4.69, 9.17) is 4.74 Å². The van der Waals surface area contributed by atoms with Crippen molar-refractivity contribution in [2.45, 2.75) is 31.7 Å². The molecule has 0 saturated heterocycles. The minimum atomic E-state index is -4.90. The molecule has 4 nitrogen and oxygen atoms in total. The molecule has 21 heavy (non-hydrogen) atoms. The zero-order chi connectivity index (χ0) is 16.0. The normalized spacial score (nSPS) is 14.6. The third-order valence-electron chi connectivity index (χ3n) is 3.02. The summed E-state index contributed by atoms with van der Waals surface area (Å²) in [7, 11) is 1.53. The standard InChI is InChI=1S/C14H18F3NO3/c1-9(18-13(20)14(15,16)17)10-3-5-11(6-4-10)12(19)7-8-21-2/h3-6,9,12,19H,7-8H2,1-2H3,(H,18,20). The van der Waals surface area contributed by atoms with Gasteiger partial charge in [0.2, 0.25) is 0 Å². The van der Waals surface area contributed by atoms with Crippen LogP contribution >= 0.6 is 0 Å². The number of hydrogen-bond acceptors (Lipinski definition) is 3. The fourth-order valence-electron chi connectivity index (χ4n) is 1.76. The second-order valence-corrected chi connectivity index (χ2v) is 4.66. The van der Waals surface area contributed by atoms with Gasteiger partial charge in [-0.15, -0.1) is 0 Å². The molecule has 1 amide bonds. The topological polar surface area (TPSA) is 58.6 Å². The Bertz CT molecular complexity index is 460. The maximum absolute atomic E-state index is 12.2. The van der Waals surface area contributed by atoms with Crippen molar-refractivity contribution in [3.05, 3.63) is 35.4 Å². The van der Waals surface area contributed by atoms with Gasteiger partial charge in [-0.3, -0.25) is 4.79 Å². The first-order valence-electron chi connectivity index (χ1n) is 6.40. The number of methoxy groups -OCH3 is 1. The van der Waals surface area contributed by atoms with E-state index in [1.165, 1.54) is 14.0 Å². The van der Waals surface area contributed by atoms with Gasteiger partial charge < -0.3 is 15.2 Å². The molecular formula is C14H18F3NO3. The molecule has 0 bridgehead atoms. The summed E-state index contributed by atoms with van der Waals surface area (Å²) in [5.41, 5.74) is 1.17. The lowest BCUT2D eigenvalue weighted by molar-refractivity contribution is -0.174. The number of hydrogen-bond donors (Lipinski definition) is 2. The molecule has 1 aromatic rings. The van der Waals surface area contributed by atoms with Gasteiger partial charge in [0.15, 0.2) is 0 Å². The number of alkyl halides is 3. The number of halogens is 3. The first-order valence-corrected chi connectivity index (χ1v) is 6.40. The summed E-state index contributed by atoms with van der Waals surface area (Å²) in [6, 6.07) is 5.61. The second-order valence-electron chi connectivity index (χ2n) is 4.66. The quantitative estimate of drug-likeness (QED) is 0.849. The van der Waals surface area contributed by atoms with E-state index in [1.54, 1.807) is 24.3 Å². The average Bonchev–Trinajstić information content (AvgIpc) is 2.43. The summed E-state index contributed by atoms with van der Waals surface area (Å²) in [5.74, 6) is -1.97. The van der Waals surface area contributed by atoms with Crippen LogP contribution in [-0.2, 0) is 9.53 Å². The predicted octanol–water partition coefficient (Wildman–Crippen LogP) is 2.50. The number of nitrogens with one attached hydrogen (secondary N) is 1. The highest BCUT2D eigenvalue weighted by Crippen LogP contribution is 2.21. The Morgan fingerprint density at radius 1 is 1.29 bits per heavy atom. The van der Waals surface area contributed by atoms with Crippen LogP contribution in [0.1, 0.15) is 36.6 Å².